The summed E-state index contributed by atoms with van der Waals surface area (Å²) in [7, 11) is 0. The first kappa shape index (κ1) is 16.4. The Morgan fingerprint density at radius 1 is 1.32 bits per heavy atom. The first-order chi connectivity index (χ1) is 11.8. The molecule has 0 aliphatic heterocycles. The van der Waals surface area contributed by atoms with Crippen LogP contribution in [0.5, 0.6) is 0 Å². The Bertz CT molecular complexity index is 774. The lowest BCUT2D eigenvalue weighted by molar-refractivity contribution is -0.277. The fraction of sp³-hybridized carbons (Fsp3) is 0.500. The van der Waals surface area contributed by atoms with Crippen molar-refractivity contribution < 1.29 is 18.3 Å². The predicted octanol–water partition coefficient (Wildman–Crippen LogP) is 3.68. The lowest BCUT2D eigenvalue weighted by Gasteiger charge is -2.37. The van der Waals surface area contributed by atoms with E-state index in [4.69, 9.17) is 0 Å². The van der Waals surface area contributed by atoms with Crippen LogP contribution in [0, 0.1) is 18.8 Å². The number of aryl methyl sites for hydroxylation is 1. The average molecular weight is 351 g/mol. The van der Waals surface area contributed by atoms with Gasteiger partial charge in [-0.1, -0.05) is 0 Å². The number of anilines is 1. The Balaban J connectivity index is 1.48. The van der Waals surface area contributed by atoms with Crippen molar-refractivity contribution in [3.8, 4) is 5.69 Å². The molecule has 2 bridgehead atoms. The van der Waals surface area contributed by atoms with E-state index in [1.807, 2.05) is 35.9 Å². The van der Waals surface area contributed by atoms with E-state index in [1.165, 1.54) is 0 Å². The molecule has 2 N–H and O–H groups in total. The Hall–Kier alpha value is -2.02. The van der Waals surface area contributed by atoms with Gasteiger partial charge in [0.1, 0.15) is 0 Å². The van der Waals surface area contributed by atoms with E-state index in [1.54, 1.807) is 12.5 Å². The molecule has 4 nitrogen and oxygen atoms in total. The van der Waals surface area contributed by atoms with Crippen LogP contribution in [0.1, 0.15) is 24.8 Å². The molecule has 0 saturated heterocycles. The van der Waals surface area contributed by atoms with Crippen LogP contribution in [-0.4, -0.2) is 32.5 Å². The molecule has 1 aromatic heterocycles. The van der Waals surface area contributed by atoms with E-state index >= 15 is 0 Å². The summed E-state index contributed by atoms with van der Waals surface area (Å²) in [6.45, 7) is 1.99. The molecule has 134 valence electrons. The zero-order chi connectivity index (χ0) is 17.8. The fourth-order valence-corrected chi connectivity index (χ4v) is 4.48. The molecule has 0 radical (unpaired) electrons. The molecule has 2 aromatic rings. The number of fused-ring (bicyclic) bond motifs is 2. The highest BCUT2D eigenvalue weighted by Crippen LogP contribution is 2.57. The summed E-state index contributed by atoms with van der Waals surface area (Å²) < 4.78 is 41.2. The molecule has 1 heterocycles. The average Bonchev–Trinajstić information content (AvgIpc) is 3.23. The second-order valence-corrected chi connectivity index (χ2v) is 7.28. The third-order valence-electron chi connectivity index (χ3n) is 5.77. The van der Waals surface area contributed by atoms with Crippen molar-refractivity contribution in [2.24, 2.45) is 11.8 Å². The summed E-state index contributed by atoms with van der Waals surface area (Å²) in [5, 5.41) is 13.4. The molecule has 4 atom stereocenters. The maximum absolute atomic E-state index is 13.1. The van der Waals surface area contributed by atoms with E-state index < -0.39 is 17.7 Å². The van der Waals surface area contributed by atoms with Crippen LogP contribution in [0.2, 0.25) is 0 Å². The summed E-state index contributed by atoms with van der Waals surface area (Å²) in [6, 6.07) is 5.88. The van der Waals surface area contributed by atoms with Gasteiger partial charge in [-0.25, -0.2) is 4.98 Å². The molecule has 2 aliphatic rings. The Morgan fingerprint density at radius 2 is 2.12 bits per heavy atom. The number of aromatic nitrogens is 2. The molecule has 25 heavy (non-hydrogen) atoms. The number of nitrogens with zero attached hydrogens (tertiary/aromatic N) is 2. The van der Waals surface area contributed by atoms with E-state index in [0.717, 1.165) is 16.9 Å². The van der Waals surface area contributed by atoms with Crippen LogP contribution in [0.25, 0.3) is 5.69 Å². The number of rotatable bonds is 3. The van der Waals surface area contributed by atoms with Crippen LogP contribution >= 0.6 is 0 Å². The van der Waals surface area contributed by atoms with Gasteiger partial charge in [-0.05, 0) is 61.8 Å². The molecule has 1 aromatic carbocycles. The van der Waals surface area contributed by atoms with Gasteiger partial charge in [-0.2, -0.15) is 13.2 Å². The van der Waals surface area contributed by atoms with Gasteiger partial charge in [0, 0.05) is 29.8 Å². The normalized spacial score (nSPS) is 31.5. The number of aliphatic hydroxyl groups is 1. The molecule has 2 saturated carbocycles. The summed E-state index contributed by atoms with van der Waals surface area (Å²) in [5.74, 6) is -0.855. The van der Waals surface area contributed by atoms with Crippen LogP contribution in [0.3, 0.4) is 0 Å². The summed E-state index contributed by atoms with van der Waals surface area (Å²) >= 11 is 0. The number of imidazole rings is 1. The fourth-order valence-electron chi connectivity index (χ4n) is 4.48. The molecule has 1 unspecified atom stereocenters. The molecule has 2 fully saturated rings. The first-order valence-electron chi connectivity index (χ1n) is 8.42. The Labute approximate surface area is 143 Å². The third-order valence-corrected chi connectivity index (χ3v) is 5.77. The SMILES string of the molecule is Cc1cc(NC2C[C@@H]3C[C@H]2C[C@@]3(O)C(F)(F)F)ccc1-n1ccnc1. The minimum absolute atomic E-state index is 0.0221. The zero-order valence-electron chi connectivity index (χ0n) is 13.8. The standard InChI is InChI=1S/C18H20F3N3O/c1-11-6-14(2-3-16(11)24-5-4-22-10-24)23-15-8-13-7-12(15)9-17(13,25)18(19,20)21/h2-6,10,12-13,15,23,25H,7-9H2,1H3/t12-,13-,15?,17-/m0/s1. The Kier molecular flexibility index (Phi) is 3.61. The van der Waals surface area contributed by atoms with Crippen molar-refractivity contribution in [1.29, 1.82) is 0 Å². The van der Waals surface area contributed by atoms with Crippen LogP contribution in [0.15, 0.2) is 36.9 Å². The van der Waals surface area contributed by atoms with Gasteiger partial charge >= 0.3 is 6.18 Å². The van der Waals surface area contributed by atoms with E-state index in [9.17, 15) is 18.3 Å². The molecule has 0 amide bonds. The van der Waals surface area contributed by atoms with Crippen LogP contribution < -0.4 is 5.32 Å². The lowest BCUT2D eigenvalue weighted by atomic mass is 9.81. The van der Waals surface area contributed by atoms with E-state index in [2.05, 4.69) is 10.3 Å². The van der Waals surface area contributed by atoms with Crippen LogP contribution in [0.4, 0.5) is 18.9 Å². The molecular weight excluding hydrogens is 331 g/mol. The van der Waals surface area contributed by atoms with E-state index in [0.29, 0.717) is 12.8 Å². The predicted molar refractivity (Wildman–Crippen MR) is 87.5 cm³/mol. The molecule has 2 aliphatic carbocycles. The summed E-state index contributed by atoms with van der Waals surface area (Å²) in [5.41, 5.74) is 0.465. The van der Waals surface area contributed by atoms with Gasteiger partial charge in [-0.15, -0.1) is 0 Å². The lowest BCUT2D eigenvalue weighted by Crippen LogP contribution is -2.51. The maximum atomic E-state index is 13.1. The van der Waals surface area contributed by atoms with Gasteiger partial charge < -0.3 is 15.0 Å². The van der Waals surface area contributed by atoms with Crippen molar-refractivity contribution in [1.82, 2.24) is 9.55 Å². The minimum atomic E-state index is -4.54. The Morgan fingerprint density at radius 3 is 2.68 bits per heavy atom. The monoisotopic (exact) mass is 351 g/mol. The second-order valence-electron chi connectivity index (χ2n) is 7.28. The number of hydrogen-bond donors (Lipinski definition) is 2. The number of alkyl halides is 3. The number of halogens is 3. The molecule has 4 rings (SSSR count). The summed E-state index contributed by atoms with van der Waals surface area (Å²) in [6.07, 6.45) is 1.34. The number of hydrogen-bond acceptors (Lipinski definition) is 3. The summed E-state index contributed by atoms with van der Waals surface area (Å²) in [4.78, 5) is 4.04. The largest absolute Gasteiger partial charge is 0.417 e. The minimum Gasteiger partial charge on any atom is -0.382 e. The molecule has 0 spiro atoms. The third kappa shape index (κ3) is 2.61. The van der Waals surface area contributed by atoms with Crippen molar-refractivity contribution in [3.05, 3.63) is 42.5 Å². The van der Waals surface area contributed by atoms with Gasteiger partial charge in [-0.3, -0.25) is 0 Å². The number of nitrogens with one attached hydrogen (secondary N) is 1. The topological polar surface area (TPSA) is 50.1 Å². The van der Waals surface area contributed by atoms with Gasteiger partial charge in [0.15, 0.2) is 5.60 Å². The van der Waals surface area contributed by atoms with Crippen LogP contribution in [-0.2, 0) is 0 Å². The molecule has 7 heteroatoms. The van der Waals surface area contributed by atoms with Crippen molar-refractivity contribution >= 4 is 5.69 Å². The highest BCUT2D eigenvalue weighted by atomic mass is 19.4. The van der Waals surface area contributed by atoms with Gasteiger partial charge in [0.2, 0.25) is 0 Å². The quantitative estimate of drug-likeness (QED) is 0.887. The van der Waals surface area contributed by atoms with Crippen molar-refractivity contribution in [2.45, 2.75) is 44.0 Å². The first-order valence-corrected chi connectivity index (χ1v) is 8.42. The zero-order valence-corrected chi connectivity index (χ0v) is 13.8. The highest BCUT2D eigenvalue weighted by molar-refractivity contribution is 5.54. The van der Waals surface area contributed by atoms with Gasteiger partial charge in [0.05, 0.1) is 6.33 Å². The second kappa shape index (κ2) is 5.49. The maximum Gasteiger partial charge on any atom is 0.417 e. The van der Waals surface area contributed by atoms with E-state index in [-0.39, 0.29) is 18.4 Å². The highest BCUT2D eigenvalue weighted by Gasteiger charge is 2.66. The number of benzene rings is 1. The van der Waals surface area contributed by atoms with Crippen molar-refractivity contribution in [3.63, 3.8) is 0 Å². The molecular formula is C18H20F3N3O. The van der Waals surface area contributed by atoms with Crippen molar-refractivity contribution in [2.75, 3.05) is 5.32 Å². The van der Waals surface area contributed by atoms with Gasteiger partial charge in [0.25, 0.3) is 0 Å². The smallest absolute Gasteiger partial charge is 0.382 e.